The number of nitrogens with one attached hydrogen (secondary N) is 1. The van der Waals surface area contributed by atoms with Gasteiger partial charge in [0.15, 0.2) is 6.04 Å². The lowest BCUT2D eigenvalue weighted by Gasteiger charge is -2.32. The molecule has 0 saturated carbocycles. The molecule has 7 heteroatoms. The average Bonchev–Trinajstić information content (AvgIpc) is 2.73. The topological polar surface area (TPSA) is 90.0 Å². The number of carbonyl (C=O) groups is 3. The number of benzene rings is 1. The largest absolute Gasteiger partial charge is 0.334 e. The summed E-state index contributed by atoms with van der Waals surface area (Å²) in [6.45, 7) is -0.0736. The van der Waals surface area contributed by atoms with Gasteiger partial charge in [-0.05, 0) is 11.6 Å². The van der Waals surface area contributed by atoms with Crippen LogP contribution < -0.4 is 5.32 Å². The van der Waals surface area contributed by atoms with E-state index >= 15 is 0 Å². The van der Waals surface area contributed by atoms with Crippen molar-refractivity contribution in [2.24, 2.45) is 0 Å². The Bertz CT molecular complexity index is 586. The van der Waals surface area contributed by atoms with Gasteiger partial charge >= 0.3 is 0 Å². The monoisotopic (exact) mass is 261 g/mol. The van der Waals surface area contributed by atoms with Crippen molar-refractivity contribution in [3.05, 3.63) is 35.4 Å². The fourth-order valence-electron chi connectivity index (χ4n) is 2.34. The smallest absolute Gasteiger partial charge is 0.280 e. The minimum absolute atomic E-state index is 0.187. The maximum absolute atomic E-state index is 12.2. The predicted molar refractivity (Wildman–Crippen MR) is 61.7 cm³/mol. The molecule has 2 heterocycles. The maximum atomic E-state index is 12.2. The van der Waals surface area contributed by atoms with Crippen molar-refractivity contribution in [3.63, 3.8) is 0 Å². The van der Waals surface area contributed by atoms with Gasteiger partial charge in [0.1, 0.15) is 6.67 Å². The lowest BCUT2D eigenvalue weighted by Crippen LogP contribution is -2.62. The van der Waals surface area contributed by atoms with Crippen molar-refractivity contribution in [1.29, 1.82) is 0 Å². The zero-order chi connectivity index (χ0) is 13.6. The molecule has 3 amide bonds. The van der Waals surface area contributed by atoms with E-state index in [1.807, 2.05) is 0 Å². The highest BCUT2D eigenvalue weighted by Gasteiger charge is 2.44. The second kappa shape index (κ2) is 4.06. The molecule has 0 spiro atoms. The molecule has 0 aromatic heterocycles. The minimum Gasteiger partial charge on any atom is -0.334 e. The van der Waals surface area contributed by atoms with E-state index in [1.54, 1.807) is 24.3 Å². The lowest BCUT2D eigenvalue weighted by molar-refractivity contribution is -0.181. The van der Waals surface area contributed by atoms with Crippen molar-refractivity contribution < 1.29 is 19.6 Å². The van der Waals surface area contributed by atoms with Gasteiger partial charge in [0, 0.05) is 12.1 Å². The van der Waals surface area contributed by atoms with Crippen LogP contribution in [0, 0.1) is 0 Å². The van der Waals surface area contributed by atoms with Crippen molar-refractivity contribution in [2.75, 3.05) is 6.67 Å². The van der Waals surface area contributed by atoms with Gasteiger partial charge in [-0.1, -0.05) is 18.2 Å². The number of nitrogens with zero attached hydrogens (tertiary/aromatic N) is 2. The van der Waals surface area contributed by atoms with Crippen LogP contribution >= 0.6 is 0 Å². The van der Waals surface area contributed by atoms with E-state index in [0.717, 1.165) is 5.56 Å². The Kier molecular flexibility index (Phi) is 2.49. The highest BCUT2D eigenvalue weighted by molar-refractivity contribution is 6.11. The molecule has 1 aromatic rings. The second-order valence-corrected chi connectivity index (χ2v) is 4.43. The van der Waals surface area contributed by atoms with Gasteiger partial charge in [-0.3, -0.25) is 19.6 Å². The summed E-state index contributed by atoms with van der Waals surface area (Å²) in [6.07, 6.45) is 0. The van der Waals surface area contributed by atoms with Crippen molar-refractivity contribution in [3.8, 4) is 0 Å². The van der Waals surface area contributed by atoms with E-state index < -0.39 is 17.9 Å². The van der Waals surface area contributed by atoms with Gasteiger partial charge in [-0.15, -0.1) is 0 Å². The van der Waals surface area contributed by atoms with E-state index in [1.165, 1.54) is 4.90 Å². The van der Waals surface area contributed by atoms with Crippen LogP contribution in [0.1, 0.15) is 15.9 Å². The lowest BCUT2D eigenvalue weighted by atomic mass is 10.1. The number of hydrogen-bond acceptors (Lipinski definition) is 4. The number of fused-ring (bicyclic) bond motifs is 1. The molecule has 1 fully saturated rings. The Morgan fingerprint density at radius 2 is 1.95 bits per heavy atom. The van der Waals surface area contributed by atoms with Gasteiger partial charge in [0.2, 0.25) is 0 Å². The Labute approximate surface area is 108 Å². The second-order valence-electron chi connectivity index (χ2n) is 4.43. The summed E-state index contributed by atoms with van der Waals surface area (Å²) in [4.78, 5) is 37.0. The normalized spacial score (nSPS) is 22.6. The first-order chi connectivity index (χ1) is 9.09. The molecule has 0 radical (unpaired) electrons. The zero-order valence-corrected chi connectivity index (χ0v) is 9.87. The molecule has 7 nitrogen and oxygen atoms in total. The van der Waals surface area contributed by atoms with Gasteiger partial charge in [-0.2, -0.15) is 0 Å². The molecule has 2 aliphatic heterocycles. The minimum atomic E-state index is -1.31. The van der Waals surface area contributed by atoms with E-state index in [0.29, 0.717) is 10.6 Å². The molecule has 2 N–H and O–H groups in total. The third kappa shape index (κ3) is 1.66. The Morgan fingerprint density at radius 1 is 1.21 bits per heavy atom. The van der Waals surface area contributed by atoms with Crippen LogP contribution in [0.2, 0.25) is 0 Å². The Balaban J connectivity index is 1.94. The van der Waals surface area contributed by atoms with Gasteiger partial charge in [0.25, 0.3) is 17.7 Å². The van der Waals surface area contributed by atoms with Gasteiger partial charge in [-0.25, -0.2) is 5.06 Å². The molecule has 2 aliphatic rings. The molecule has 19 heavy (non-hydrogen) atoms. The summed E-state index contributed by atoms with van der Waals surface area (Å²) >= 11 is 0. The number of hydrogen-bond donors (Lipinski definition) is 2. The Morgan fingerprint density at radius 3 is 2.68 bits per heavy atom. The van der Waals surface area contributed by atoms with Crippen molar-refractivity contribution >= 4 is 17.7 Å². The quantitative estimate of drug-likeness (QED) is 0.517. The third-order valence-corrected chi connectivity index (χ3v) is 3.30. The van der Waals surface area contributed by atoms with Crippen LogP contribution in [-0.2, 0) is 16.1 Å². The molecule has 1 unspecified atom stereocenters. The van der Waals surface area contributed by atoms with Crippen LogP contribution in [0.5, 0.6) is 0 Å². The maximum Gasteiger partial charge on any atom is 0.280 e. The van der Waals surface area contributed by atoms with Crippen LogP contribution in [0.4, 0.5) is 0 Å². The van der Waals surface area contributed by atoms with Crippen LogP contribution in [0.25, 0.3) is 0 Å². The number of hydroxylamine groups is 2. The van der Waals surface area contributed by atoms with E-state index in [9.17, 15) is 19.6 Å². The fraction of sp³-hybridized carbons (Fsp3) is 0.250. The molecule has 1 atom stereocenters. The highest BCUT2D eigenvalue weighted by atomic mass is 16.5. The molecular formula is C12H11N3O4. The first-order valence-corrected chi connectivity index (χ1v) is 5.76. The van der Waals surface area contributed by atoms with E-state index in [4.69, 9.17) is 0 Å². The third-order valence-electron chi connectivity index (χ3n) is 3.30. The standard InChI is InChI=1S/C12H11N3O4/c16-10-9(12(18)15(19)6-13-10)14-5-7-3-1-2-4-8(7)11(14)17/h1-4,9,19H,5-6H2,(H,13,16). The SMILES string of the molecule is O=C1NCN(O)C(=O)C1N1Cc2ccccc2C1=O. The molecule has 0 bridgehead atoms. The summed E-state index contributed by atoms with van der Waals surface area (Å²) in [6, 6.07) is 5.63. The summed E-state index contributed by atoms with van der Waals surface area (Å²) in [7, 11) is 0. The first kappa shape index (κ1) is 11.7. The van der Waals surface area contributed by atoms with Crippen LogP contribution in [0.3, 0.4) is 0 Å². The first-order valence-electron chi connectivity index (χ1n) is 5.76. The zero-order valence-electron chi connectivity index (χ0n) is 9.87. The van der Waals surface area contributed by atoms with E-state index in [-0.39, 0.29) is 19.1 Å². The Hall–Kier alpha value is -2.41. The van der Waals surface area contributed by atoms with Crippen LogP contribution in [-0.4, -0.2) is 45.6 Å². The molecular weight excluding hydrogens is 250 g/mol. The molecule has 1 aromatic carbocycles. The molecule has 1 saturated heterocycles. The molecule has 3 rings (SSSR count). The predicted octanol–water partition coefficient (Wildman–Crippen LogP) is -0.684. The summed E-state index contributed by atoms with van der Waals surface area (Å²) in [5.74, 6) is -1.74. The fourth-order valence-corrected chi connectivity index (χ4v) is 2.34. The summed E-state index contributed by atoms with van der Waals surface area (Å²) in [5.41, 5.74) is 1.25. The number of carbonyl (C=O) groups excluding carboxylic acids is 3. The summed E-state index contributed by atoms with van der Waals surface area (Å²) in [5, 5.41) is 12.1. The van der Waals surface area contributed by atoms with E-state index in [2.05, 4.69) is 5.32 Å². The van der Waals surface area contributed by atoms with Crippen molar-refractivity contribution in [1.82, 2.24) is 15.3 Å². The molecule has 98 valence electrons. The molecule has 0 aliphatic carbocycles. The number of amides is 3. The van der Waals surface area contributed by atoms with Gasteiger partial charge < -0.3 is 10.2 Å². The number of rotatable bonds is 1. The van der Waals surface area contributed by atoms with Crippen LogP contribution in [0.15, 0.2) is 24.3 Å². The van der Waals surface area contributed by atoms with Gasteiger partial charge in [0.05, 0.1) is 0 Å². The highest BCUT2D eigenvalue weighted by Crippen LogP contribution is 2.25. The average molecular weight is 261 g/mol. The van der Waals surface area contributed by atoms with Crippen molar-refractivity contribution in [2.45, 2.75) is 12.6 Å². The summed E-state index contributed by atoms with van der Waals surface area (Å²) < 4.78 is 0.